The van der Waals surface area contributed by atoms with Crippen molar-refractivity contribution in [1.82, 2.24) is 16.0 Å². The number of amides is 3. The summed E-state index contributed by atoms with van der Waals surface area (Å²) in [6.07, 6.45) is -1.47. The van der Waals surface area contributed by atoms with Gasteiger partial charge in [-0.3, -0.25) is 4.79 Å². The first-order valence-corrected chi connectivity index (χ1v) is 11.4. The minimum atomic E-state index is -1.26. The highest BCUT2D eigenvalue weighted by Gasteiger charge is 2.29. The van der Waals surface area contributed by atoms with Crippen LogP contribution in [0.4, 0.5) is 9.59 Å². The standard InChI is InChI=1S/C26H33N3O7/c1-26(2,3)36-24(32)27-16-21(29-25(33)35-17-19-13-9-6-10-14-19)22(30)28-20(23(31)34-4)15-18-11-7-5-8-12-18/h5-14,20-21H,15-17H2,1-4H3,(H,27,32)(H,28,30)(H,29,33). The number of carbonyl (C=O) groups excluding carboxylic acids is 4. The SMILES string of the molecule is COC(=O)C(Cc1ccccc1)NC(=O)C(CNC(=O)OC(C)(C)C)NC(=O)OCc1ccccc1. The first-order valence-electron chi connectivity index (χ1n) is 11.4. The highest BCUT2D eigenvalue weighted by atomic mass is 16.6. The first-order chi connectivity index (χ1) is 17.1. The molecule has 0 aliphatic carbocycles. The molecule has 36 heavy (non-hydrogen) atoms. The molecule has 0 fully saturated rings. The quantitative estimate of drug-likeness (QED) is 0.338. The van der Waals surface area contributed by atoms with Crippen LogP contribution in [-0.4, -0.2) is 55.4 Å². The van der Waals surface area contributed by atoms with Crippen molar-refractivity contribution in [1.29, 1.82) is 0 Å². The van der Waals surface area contributed by atoms with E-state index in [0.717, 1.165) is 11.1 Å². The molecule has 10 heteroatoms. The lowest BCUT2D eigenvalue weighted by Gasteiger charge is -2.24. The van der Waals surface area contributed by atoms with E-state index in [0.29, 0.717) is 0 Å². The molecule has 0 aliphatic rings. The van der Waals surface area contributed by atoms with Gasteiger partial charge in [-0.25, -0.2) is 14.4 Å². The lowest BCUT2D eigenvalue weighted by Crippen LogP contribution is -2.56. The summed E-state index contributed by atoms with van der Waals surface area (Å²) in [5.74, 6) is -1.37. The third-order valence-corrected chi connectivity index (χ3v) is 4.76. The molecule has 2 aromatic rings. The number of alkyl carbamates (subject to hydrolysis) is 2. The van der Waals surface area contributed by atoms with Crippen LogP contribution < -0.4 is 16.0 Å². The van der Waals surface area contributed by atoms with Crippen LogP contribution in [0, 0.1) is 0 Å². The summed E-state index contributed by atoms with van der Waals surface area (Å²) < 4.78 is 15.2. The molecule has 2 aromatic carbocycles. The summed E-state index contributed by atoms with van der Waals surface area (Å²) >= 11 is 0. The van der Waals surface area contributed by atoms with E-state index in [4.69, 9.17) is 14.2 Å². The third kappa shape index (κ3) is 10.5. The Kier molecular flexibility index (Phi) is 10.7. The number of ether oxygens (including phenoxy) is 3. The van der Waals surface area contributed by atoms with Gasteiger partial charge in [0.15, 0.2) is 0 Å². The van der Waals surface area contributed by atoms with Gasteiger partial charge in [-0.1, -0.05) is 60.7 Å². The molecular formula is C26H33N3O7. The van der Waals surface area contributed by atoms with E-state index in [1.165, 1.54) is 7.11 Å². The fourth-order valence-corrected chi connectivity index (χ4v) is 3.07. The van der Waals surface area contributed by atoms with Crippen molar-refractivity contribution in [2.75, 3.05) is 13.7 Å². The molecular weight excluding hydrogens is 466 g/mol. The van der Waals surface area contributed by atoms with Gasteiger partial charge in [0.05, 0.1) is 13.7 Å². The molecule has 0 saturated carbocycles. The molecule has 0 aliphatic heterocycles. The third-order valence-electron chi connectivity index (χ3n) is 4.76. The number of rotatable bonds is 10. The van der Waals surface area contributed by atoms with Crippen LogP contribution in [0.25, 0.3) is 0 Å². The molecule has 0 bridgehead atoms. The Labute approximate surface area is 210 Å². The number of carbonyl (C=O) groups is 4. The van der Waals surface area contributed by atoms with Gasteiger partial charge >= 0.3 is 18.2 Å². The number of methoxy groups -OCH3 is 1. The second-order valence-corrected chi connectivity index (χ2v) is 8.92. The van der Waals surface area contributed by atoms with Crippen LogP contribution >= 0.6 is 0 Å². The van der Waals surface area contributed by atoms with Crippen LogP contribution in [0.5, 0.6) is 0 Å². The molecule has 10 nitrogen and oxygen atoms in total. The van der Waals surface area contributed by atoms with E-state index in [-0.39, 0.29) is 19.6 Å². The van der Waals surface area contributed by atoms with E-state index in [2.05, 4.69) is 16.0 Å². The highest BCUT2D eigenvalue weighted by Crippen LogP contribution is 2.07. The monoisotopic (exact) mass is 499 g/mol. The largest absolute Gasteiger partial charge is 0.467 e. The van der Waals surface area contributed by atoms with Crippen molar-refractivity contribution in [3.8, 4) is 0 Å². The molecule has 0 saturated heterocycles. The average Bonchev–Trinajstić information content (AvgIpc) is 2.84. The molecule has 3 N–H and O–H groups in total. The zero-order valence-corrected chi connectivity index (χ0v) is 20.9. The Hall–Kier alpha value is -4.08. The molecule has 0 heterocycles. The van der Waals surface area contributed by atoms with Gasteiger partial charge < -0.3 is 30.2 Å². The van der Waals surface area contributed by atoms with Crippen molar-refractivity contribution in [2.45, 2.75) is 51.5 Å². The Morgan fingerprint density at radius 1 is 0.806 bits per heavy atom. The second-order valence-electron chi connectivity index (χ2n) is 8.92. The van der Waals surface area contributed by atoms with E-state index in [9.17, 15) is 19.2 Å². The zero-order chi connectivity index (χ0) is 26.6. The maximum atomic E-state index is 13.1. The summed E-state index contributed by atoms with van der Waals surface area (Å²) in [5, 5.41) is 7.48. The van der Waals surface area contributed by atoms with Gasteiger partial charge in [-0.2, -0.15) is 0 Å². The minimum absolute atomic E-state index is 0.0146. The number of hydrogen-bond donors (Lipinski definition) is 3. The fourth-order valence-electron chi connectivity index (χ4n) is 3.07. The lowest BCUT2D eigenvalue weighted by molar-refractivity contribution is -0.145. The van der Waals surface area contributed by atoms with Crippen LogP contribution in [0.1, 0.15) is 31.9 Å². The minimum Gasteiger partial charge on any atom is -0.467 e. The number of esters is 1. The van der Waals surface area contributed by atoms with Crippen molar-refractivity contribution in [2.24, 2.45) is 0 Å². The molecule has 194 valence electrons. The first kappa shape index (κ1) is 28.2. The zero-order valence-electron chi connectivity index (χ0n) is 20.9. The van der Waals surface area contributed by atoms with Gasteiger partial charge in [0.25, 0.3) is 0 Å². The predicted molar refractivity (Wildman–Crippen MR) is 132 cm³/mol. The molecule has 3 amide bonds. The average molecular weight is 500 g/mol. The van der Waals surface area contributed by atoms with Crippen molar-refractivity contribution >= 4 is 24.1 Å². The summed E-state index contributed by atoms with van der Waals surface area (Å²) in [6.45, 7) is 4.77. The summed E-state index contributed by atoms with van der Waals surface area (Å²) in [4.78, 5) is 50.0. The van der Waals surface area contributed by atoms with Crippen molar-refractivity contribution in [3.05, 3.63) is 71.8 Å². The van der Waals surface area contributed by atoms with Crippen LogP contribution in [0.15, 0.2) is 60.7 Å². The lowest BCUT2D eigenvalue weighted by atomic mass is 10.1. The van der Waals surface area contributed by atoms with E-state index in [1.807, 2.05) is 36.4 Å². The maximum absolute atomic E-state index is 13.1. The number of benzene rings is 2. The van der Waals surface area contributed by atoms with Gasteiger partial charge in [-0.15, -0.1) is 0 Å². The molecule has 2 unspecified atom stereocenters. The van der Waals surface area contributed by atoms with Crippen LogP contribution in [-0.2, 0) is 36.8 Å². The molecule has 0 aromatic heterocycles. The van der Waals surface area contributed by atoms with Crippen molar-refractivity contribution in [3.63, 3.8) is 0 Å². The highest BCUT2D eigenvalue weighted by molar-refractivity contribution is 5.90. The predicted octanol–water partition coefficient (Wildman–Crippen LogP) is 2.71. The Balaban J connectivity index is 2.09. The Morgan fingerprint density at radius 3 is 1.94 bits per heavy atom. The second kappa shape index (κ2) is 13.7. The van der Waals surface area contributed by atoms with E-state index >= 15 is 0 Å². The topological polar surface area (TPSA) is 132 Å². The van der Waals surface area contributed by atoms with Crippen molar-refractivity contribution < 1.29 is 33.4 Å². The van der Waals surface area contributed by atoms with Gasteiger partial charge in [0.2, 0.25) is 5.91 Å². The van der Waals surface area contributed by atoms with Gasteiger partial charge in [0, 0.05) is 6.42 Å². The van der Waals surface area contributed by atoms with E-state index in [1.54, 1.807) is 45.0 Å². The molecule has 0 radical (unpaired) electrons. The van der Waals surface area contributed by atoms with Gasteiger partial charge in [-0.05, 0) is 31.9 Å². The summed E-state index contributed by atoms with van der Waals surface area (Å²) in [5.41, 5.74) is 0.802. The normalized spacial score (nSPS) is 12.4. The number of hydrogen-bond acceptors (Lipinski definition) is 7. The Bertz CT molecular complexity index is 1010. The van der Waals surface area contributed by atoms with E-state index < -0.39 is 41.7 Å². The van der Waals surface area contributed by atoms with Crippen LogP contribution in [0.3, 0.4) is 0 Å². The number of nitrogens with one attached hydrogen (secondary N) is 3. The molecule has 2 atom stereocenters. The summed E-state index contributed by atoms with van der Waals surface area (Å²) in [7, 11) is 1.22. The maximum Gasteiger partial charge on any atom is 0.408 e. The Morgan fingerprint density at radius 2 is 1.39 bits per heavy atom. The van der Waals surface area contributed by atoms with Gasteiger partial charge in [0.1, 0.15) is 24.3 Å². The smallest absolute Gasteiger partial charge is 0.408 e. The van der Waals surface area contributed by atoms with Crippen LogP contribution in [0.2, 0.25) is 0 Å². The molecule has 0 spiro atoms. The molecule has 2 rings (SSSR count). The fraction of sp³-hybridized carbons (Fsp3) is 0.385. The summed E-state index contributed by atoms with van der Waals surface area (Å²) in [6, 6.07) is 15.8.